The first-order chi connectivity index (χ1) is 13.2. The van der Waals surface area contributed by atoms with Gasteiger partial charge in [-0.25, -0.2) is 4.98 Å². The summed E-state index contributed by atoms with van der Waals surface area (Å²) in [6.45, 7) is 0. The molecule has 0 atom stereocenters. The fourth-order valence-corrected chi connectivity index (χ4v) is 4.60. The van der Waals surface area contributed by atoms with Crippen LogP contribution < -0.4 is 10.1 Å². The van der Waals surface area contributed by atoms with Crippen LogP contribution >= 0.6 is 11.3 Å². The molecule has 1 aliphatic rings. The molecular formula is C21H17N3O2S. The number of aryl methyl sites for hydroxylation is 1. The van der Waals surface area contributed by atoms with Gasteiger partial charge in [0, 0.05) is 11.1 Å². The van der Waals surface area contributed by atoms with E-state index in [1.54, 1.807) is 7.11 Å². The zero-order valence-corrected chi connectivity index (χ0v) is 15.6. The molecule has 0 spiro atoms. The summed E-state index contributed by atoms with van der Waals surface area (Å²) in [5.41, 5.74) is 4.59. The van der Waals surface area contributed by atoms with Crippen LogP contribution in [0.15, 0.2) is 42.5 Å². The number of amides is 1. The van der Waals surface area contributed by atoms with Gasteiger partial charge < -0.3 is 4.74 Å². The van der Waals surface area contributed by atoms with Crippen molar-refractivity contribution in [3.05, 3.63) is 59.3 Å². The Morgan fingerprint density at radius 2 is 2.00 bits per heavy atom. The van der Waals surface area contributed by atoms with Crippen molar-refractivity contribution in [3.8, 4) is 5.75 Å². The molecule has 27 heavy (non-hydrogen) atoms. The summed E-state index contributed by atoms with van der Waals surface area (Å²) in [6.07, 6.45) is 2.87. The molecule has 0 radical (unpaired) electrons. The number of thiazole rings is 1. The number of anilines is 1. The lowest BCUT2D eigenvalue weighted by molar-refractivity contribution is 0.102. The molecule has 0 unspecified atom stereocenters. The molecule has 4 aromatic rings. The van der Waals surface area contributed by atoms with Crippen LogP contribution in [0.25, 0.3) is 21.1 Å². The average Bonchev–Trinajstić information content (AvgIpc) is 3.30. The summed E-state index contributed by atoms with van der Waals surface area (Å²) in [6, 6.07) is 13.6. The van der Waals surface area contributed by atoms with Gasteiger partial charge in [0.05, 0.1) is 28.4 Å². The summed E-state index contributed by atoms with van der Waals surface area (Å²) in [5.74, 6) is 0.666. The van der Waals surface area contributed by atoms with Crippen LogP contribution in [0.2, 0.25) is 0 Å². The van der Waals surface area contributed by atoms with Gasteiger partial charge in [0.1, 0.15) is 5.75 Å². The Labute approximate surface area is 160 Å². The molecule has 5 rings (SSSR count). The minimum absolute atomic E-state index is 0.113. The molecule has 2 heterocycles. The maximum atomic E-state index is 13.2. The smallest absolute Gasteiger partial charge is 0.258 e. The van der Waals surface area contributed by atoms with Crippen molar-refractivity contribution in [2.45, 2.75) is 19.3 Å². The fraction of sp³-hybridized carbons (Fsp3) is 0.190. The highest BCUT2D eigenvalue weighted by Crippen LogP contribution is 2.32. The second-order valence-electron chi connectivity index (χ2n) is 6.59. The number of benzene rings is 2. The Morgan fingerprint density at radius 1 is 1.11 bits per heavy atom. The van der Waals surface area contributed by atoms with E-state index >= 15 is 0 Å². The van der Waals surface area contributed by atoms with E-state index in [1.807, 2.05) is 42.5 Å². The molecule has 1 N–H and O–H groups in total. The third kappa shape index (κ3) is 2.73. The van der Waals surface area contributed by atoms with Crippen molar-refractivity contribution >= 4 is 43.5 Å². The summed E-state index contributed by atoms with van der Waals surface area (Å²) in [7, 11) is 1.64. The van der Waals surface area contributed by atoms with E-state index in [0.29, 0.717) is 5.13 Å². The van der Waals surface area contributed by atoms with Gasteiger partial charge in [-0.15, -0.1) is 0 Å². The molecule has 0 saturated heterocycles. The molecule has 1 aliphatic carbocycles. The number of hydrogen-bond acceptors (Lipinski definition) is 5. The minimum Gasteiger partial charge on any atom is -0.497 e. The number of nitrogens with one attached hydrogen (secondary N) is 1. The Hall–Kier alpha value is -2.99. The molecule has 0 bridgehead atoms. The Balaban J connectivity index is 1.57. The number of ether oxygens (including phenoxy) is 1. The summed E-state index contributed by atoms with van der Waals surface area (Å²) >= 11 is 1.45. The highest BCUT2D eigenvalue weighted by atomic mass is 32.1. The molecular weight excluding hydrogens is 358 g/mol. The first-order valence-electron chi connectivity index (χ1n) is 8.89. The van der Waals surface area contributed by atoms with Crippen LogP contribution in [0.3, 0.4) is 0 Å². The number of pyridine rings is 1. The lowest BCUT2D eigenvalue weighted by Crippen LogP contribution is -2.15. The van der Waals surface area contributed by atoms with Gasteiger partial charge in [-0.1, -0.05) is 29.5 Å². The van der Waals surface area contributed by atoms with E-state index in [2.05, 4.69) is 10.3 Å². The number of hydrogen-bond donors (Lipinski definition) is 1. The van der Waals surface area contributed by atoms with E-state index in [0.717, 1.165) is 63.0 Å². The summed E-state index contributed by atoms with van der Waals surface area (Å²) in [5, 5.41) is 4.50. The minimum atomic E-state index is -0.113. The molecule has 6 heteroatoms. The third-order valence-electron chi connectivity index (χ3n) is 4.96. The Morgan fingerprint density at radius 3 is 2.89 bits per heavy atom. The van der Waals surface area contributed by atoms with Crippen LogP contribution in [0.5, 0.6) is 5.75 Å². The van der Waals surface area contributed by atoms with Gasteiger partial charge >= 0.3 is 0 Å². The molecule has 5 nitrogen and oxygen atoms in total. The van der Waals surface area contributed by atoms with E-state index < -0.39 is 0 Å². The number of rotatable bonds is 3. The predicted octanol–water partition coefficient (Wildman–Crippen LogP) is 4.59. The van der Waals surface area contributed by atoms with Crippen LogP contribution in [-0.2, 0) is 12.8 Å². The number of fused-ring (bicyclic) bond motifs is 3. The summed E-state index contributed by atoms with van der Waals surface area (Å²) < 4.78 is 6.25. The molecule has 1 amide bonds. The second-order valence-corrected chi connectivity index (χ2v) is 7.62. The number of para-hydroxylation sites is 1. The zero-order chi connectivity index (χ0) is 18.4. The van der Waals surface area contributed by atoms with Crippen molar-refractivity contribution in [1.82, 2.24) is 9.97 Å². The number of carbonyl (C=O) groups excluding carboxylic acids is 1. The Bertz CT molecular complexity index is 1200. The topological polar surface area (TPSA) is 64.1 Å². The fourth-order valence-electron chi connectivity index (χ4n) is 3.72. The third-order valence-corrected chi connectivity index (χ3v) is 5.90. The normalized spacial score (nSPS) is 13.1. The molecule has 0 fully saturated rings. The van der Waals surface area contributed by atoms with E-state index in [9.17, 15) is 4.79 Å². The largest absolute Gasteiger partial charge is 0.497 e. The first kappa shape index (κ1) is 16.2. The summed E-state index contributed by atoms with van der Waals surface area (Å²) in [4.78, 5) is 22.5. The number of carbonyl (C=O) groups is 1. The second kappa shape index (κ2) is 6.32. The van der Waals surface area contributed by atoms with Gasteiger partial charge in [-0.3, -0.25) is 15.1 Å². The number of aromatic nitrogens is 2. The van der Waals surface area contributed by atoms with Gasteiger partial charge in [0.2, 0.25) is 0 Å². The van der Waals surface area contributed by atoms with Crippen LogP contribution in [0.4, 0.5) is 5.13 Å². The molecule has 0 saturated carbocycles. The lowest BCUT2D eigenvalue weighted by atomic mass is 10.0. The molecule has 2 aromatic carbocycles. The molecule has 0 aliphatic heterocycles. The van der Waals surface area contributed by atoms with Crippen molar-refractivity contribution in [2.24, 2.45) is 0 Å². The quantitative estimate of drug-likeness (QED) is 0.569. The first-order valence-corrected chi connectivity index (χ1v) is 9.71. The van der Waals surface area contributed by atoms with Crippen LogP contribution in [-0.4, -0.2) is 23.0 Å². The van der Waals surface area contributed by atoms with Gasteiger partial charge in [0.25, 0.3) is 5.91 Å². The maximum Gasteiger partial charge on any atom is 0.258 e. The van der Waals surface area contributed by atoms with Gasteiger partial charge in [-0.05, 0) is 49.1 Å². The highest BCUT2D eigenvalue weighted by molar-refractivity contribution is 7.22. The number of nitrogens with zero attached hydrogens (tertiary/aromatic N) is 2. The van der Waals surface area contributed by atoms with Crippen molar-refractivity contribution in [3.63, 3.8) is 0 Å². The lowest BCUT2D eigenvalue weighted by Gasteiger charge is -2.11. The van der Waals surface area contributed by atoms with E-state index in [4.69, 9.17) is 9.72 Å². The van der Waals surface area contributed by atoms with Crippen molar-refractivity contribution in [1.29, 1.82) is 0 Å². The monoisotopic (exact) mass is 375 g/mol. The SMILES string of the molecule is COc1ccc2nc(NC(=O)c3c4c(nc5ccccc35)CCC4)sc2c1. The standard InChI is InChI=1S/C21H17N3O2S/c1-26-12-9-10-17-18(11-12)27-21(23-17)24-20(25)19-13-5-2-3-7-15(13)22-16-8-4-6-14(16)19/h2-3,5,7,9-11H,4,6,8H2,1H3,(H,23,24,25). The zero-order valence-electron chi connectivity index (χ0n) is 14.8. The van der Waals surface area contributed by atoms with E-state index in [-0.39, 0.29) is 5.91 Å². The van der Waals surface area contributed by atoms with Crippen LogP contribution in [0.1, 0.15) is 28.0 Å². The van der Waals surface area contributed by atoms with Crippen molar-refractivity contribution < 1.29 is 9.53 Å². The predicted molar refractivity (Wildman–Crippen MR) is 108 cm³/mol. The van der Waals surface area contributed by atoms with Crippen LogP contribution in [0, 0.1) is 0 Å². The highest BCUT2D eigenvalue weighted by Gasteiger charge is 2.24. The van der Waals surface area contributed by atoms with Gasteiger partial charge in [0.15, 0.2) is 5.13 Å². The average molecular weight is 375 g/mol. The van der Waals surface area contributed by atoms with Gasteiger partial charge in [-0.2, -0.15) is 0 Å². The number of methoxy groups -OCH3 is 1. The van der Waals surface area contributed by atoms with Crippen molar-refractivity contribution in [2.75, 3.05) is 12.4 Å². The molecule has 134 valence electrons. The Kier molecular flexibility index (Phi) is 3.79. The molecule has 2 aromatic heterocycles. The maximum absolute atomic E-state index is 13.2. The van der Waals surface area contributed by atoms with E-state index in [1.165, 1.54) is 11.3 Å².